The highest BCUT2D eigenvalue weighted by atomic mass is 16.4. The molecule has 0 aliphatic heterocycles. The summed E-state index contributed by atoms with van der Waals surface area (Å²) in [5, 5.41) is 17.8. The van der Waals surface area contributed by atoms with E-state index in [0.717, 1.165) is 0 Å². The van der Waals surface area contributed by atoms with Gasteiger partial charge in [0.15, 0.2) is 0 Å². The number of hydrogen-bond donors (Lipinski definition) is 2. The van der Waals surface area contributed by atoms with Crippen LogP contribution >= 0.6 is 0 Å². The van der Waals surface area contributed by atoms with Crippen LogP contribution in [0.15, 0.2) is 12.1 Å². The van der Waals surface area contributed by atoms with Crippen molar-refractivity contribution in [1.82, 2.24) is 0 Å². The molecule has 0 aliphatic carbocycles. The van der Waals surface area contributed by atoms with Crippen molar-refractivity contribution in [2.45, 2.75) is 19.9 Å². The van der Waals surface area contributed by atoms with Gasteiger partial charge in [0, 0.05) is 6.54 Å². The van der Waals surface area contributed by atoms with Crippen LogP contribution in [0.3, 0.4) is 0 Å². The van der Waals surface area contributed by atoms with Crippen molar-refractivity contribution in [2.24, 2.45) is 5.73 Å². The van der Waals surface area contributed by atoms with E-state index in [0.29, 0.717) is 23.1 Å². The quantitative estimate of drug-likeness (QED) is 0.776. The van der Waals surface area contributed by atoms with E-state index < -0.39 is 5.97 Å². The van der Waals surface area contributed by atoms with Crippen LogP contribution in [0, 0.1) is 11.3 Å². The average Bonchev–Trinajstić information content (AvgIpc) is 2.26. The van der Waals surface area contributed by atoms with Crippen LogP contribution in [-0.4, -0.2) is 11.1 Å². The van der Waals surface area contributed by atoms with Crippen LogP contribution in [0.5, 0.6) is 0 Å². The monoisotopic (exact) mass is 204 g/mol. The molecule has 1 aromatic carbocycles. The van der Waals surface area contributed by atoms with Gasteiger partial charge in [-0.3, -0.25) is 0 Å². The standard InChI is InChI=1S/C11H12N2O2/c1-2-8-3-7(5-12)4-9(6-13)10(8)11(14)15/h3-4H,2,6,13H2,1H3,(H,14,15). The van der Waals surface area contributed by atoms with Crippen LogP contribution in [0.4, 0.5) is 0 Å². The molecule has 0 unspecified atom stereocenters. The van der Waals surface area contributed by atoms with Crippen LogP contribution in [-0.2, 0) is 13.0 Å². The highest BCUT2D eigenvalue weighted by molar-refractivity contribution is 5.91. The molecule has 0 bridgehead atoms. The zero-order chi connectivity index (χ0) is 11.4. The van der Waals surface area contributed by atoms with Gasteiger partial charge in [0.05, 0.1) is 17.2 Å². The summed E-state index contributed by atoms with van der Waals surface area (Å²) in [6.07, 6.45) is 0.574. The Bertz CT molecular complexity index is 408. The van der Waals surface area contributed by atoms with E-state index in [1.807, 2.05) is 13.0 Å². The van der Waals surface area contributed by atoms with E-state index in [-0.39, 0.29) is 12.1 Å². The largest absolute Gasteiger partial charge is 0.478 e. The number of carboxylic acids is 1. The fourth-order valence-electron chi connectivity index (χ4n) is 1.55. The molecule has 1 rings (SSSR count). The number of rotatable bonds is 3. The lowest BCUT2D eigenvalue weighted by Gasteiger charge is -2.09. The molecule has 0 saturated heterocycles. The molecular weight excluding hydrogens is 192 g/mol. The van der Waals surface area contributed by atoms with E-state index in [4.69, 9.17) is 16.1 Å². The smallest absolute Gasteiger partial charge is 0.336 e. The Labute approximate surface area is 87.9 Å². The van der Waals surface area contributed by atoms with Gasteiger partial charge in [-0.15, -0.1) is 0 Å². The lowest BCUT2D eigenvalue weighted by molar-refractivity contribution is 0.0694. The van der Waals surface area contributed by atoms with E-state index >= 15 is 0 Å². The molecule has 0 heterocycles. The highest BCUT2D eigenvalue weighted by Gasteiger charge is 2.15. The van der Waals surface area contributed by atoms with Crippen molar-refractivity contribution in [3.63, 3.8) is 0 Å². The van der Waals surface area contributed by atoms with Crippen molar-refractivity contribution in [3.8, 4) is 6.07 Å². The Morgan fingerprint density at radius 1 is 1.53 bits per heavy atom. The van der Waals surface area contributed by atoms with Gasteiger partial charge in [0.2, 0.25) is 0 Å². The van der Waals surface area contributed by atoms with E-state index in [9.17, 15) is 4.79 Å². The SMILES string of the molecule is CCc1cc(C#N)cc(CN)c1C(=O)O. The summed E-state index contributed by atoms with van der Waals surface area (Å²) in [7, 11) is 0. The van der Waals surface area contributed by atoms with Crippen LogP contribution in [0.1, 0.15) is 34.0 Å². The van der Waals surface area contributed by atoms with Crippen molar-refractivity contribution >= 4 is 5.97 Å². The molecule has 0 aromatic heterocycles. The Morgan fingerprint density at radius 3 is 2.53 bits per heavy atom. The van der Waals surface area contributed by atoms with E-state index in [1.165, 1.54) is 6.07 Å². The topological polar surface area (TPSA) is 87.1 Å². The maximum absolute atomic E-state index is 11.0. The third kappa shape index (κ3) is 2.14. The second-order valence-electron chi connectivity index (χ2n) is 3.14. The van der Waals surface area contributed by atoms with Gasteiger partial charge >= 0.3 is 5.97 Å². The summed E-state index contributed by atoms with van der Waals surface area (Å²) >= 11 is 0. The summed E-state index contributed by atoms with van der Waals surface area (Å²) in [4.78, 5) is 11.0. The predicted octanol–water partition coefficient (Wildman–Crippen LogP) is 1.28. The number of aryl methyl sites for hydroxylation is 1. The fourth-order valence-corrected chi connectivity index (χ4v) is 1.55. The molecule has 4 heteroatoms. The summed E-state index contributed by atoms with van der Waals surface area (Å²) in [5.41, 5.74) is 7.32. The molecule has 0 saturated carbocycles. The molecule has 78 valence electrons. The first-order valence-corrected chi connectivity index (χ1v) is 4.63. The van der Waals surface area contributed by atoms with Gasteiger partial charge < -0.3 is 10.8 Å². The Hall–Kier alpha value is -1.86. The van der Waals surface area contributed by atoms with Gasteiger partial charge in [-0.2, -0.15) is 5.26 Å². The lowest BCUT2D eigenvalue weighted by Crippen LogP contribution is -2.11. The molecule has 1 aromatic rings. The number of benzene rings is 1. The molecule has 0 aliphatic rings. The molecule has 0 spiro atoms. The second-order valence-corrected chi connectivity index (χ2v) is 3.14. The first kappa shape index (κ1) is 11.2. The number of nitriles is 1. The Morgan fingerprint density at radius 2 is 2.13 bits per heavy atom. The molecule has 0 radical (unpaired) electrons. The normalized spacial score (nSPS) is 9.67. The van der Waals surface area contributed by atoms with Crippen LogP contribution < -0.4 is 5.73 Å². The Balaban J connectivity index is 3.48. The molecule has 0 fully saturated rings. The van der Waals surface area contributed by atoms with Crippen molar-refractivity contribution < 1.29 is 9.90 Å². The zero-order valence-electron chi connectivity index (χ0n) is 8.45. The van der Waals surface area contributed by atoms with Crippen LogP contribution in [0.2, 0.25) is 0 Å². The molecule has 15 heavy (non-hydrogen) atoms. The third-order valence-electron chi connectivity index (χ3n) is 2.25. The molecule has 0 amide bonds. The third-order valence-corrected chi connectivity index (χ3v) is 2.25. The number of carbonyl (C=O) groups is 1. The van der Waals surface area contributed by atoms with Gasteiger partial charge in [-0.25, -0.2) is 4.79 Å². The minimum Gasteiger partial charge on any atom is -0.478 e. The second kappa shape index (κ2) is 4.58. The number of hydrogen-bond acceptors (Lipinski definition) is 3. The van der Waals surface area contributed by atoms with Gasteiger partial charge in [0.25, 0.3) is 0 Å². The number of nitrogens with zero attached hydrogens (tertiary/aromatic N) is 1. The van der Waals surface area contributed by atoms with Crippen molar-refractivity contribution in [1.29, 1.82) is 5.26 Å². The summed E-state index contributed by atoms with van der Waals surface area (Å²) in [5.74, 6) is -0.989. The molecule has 0 atom stereocenters. The minimum absolute atomic E-state index is 0.129. The maximum atomic E-state index is 11.0. The van der Waals surface area contributed by atoms with Gasteiger partial charge in [0.1, 0.15) is 0 Å². The molecular formula is C11H12N2O2. The maximum Gasteiger partial charge on any atom is 0.336 e. The van der Waals surface area contributed by atoms with Gasteiger partial charge in [-0.05, 0) is 29.7 Å². The number of nitrogens with two attached hydrogens (primary N) is 1. The zero-order valence-corrected chi connectivity index (χ0v) is 8.45. The number of carboxylic acid groups (broad SMARTS) is 1. The first-order valence-electron chi connectivity index (χ1n) is 4.63. The first-order chi connectivity index (χ1) is 7.13. The Kier molecular flexibility index (Phi) is 3.42. The molecule has 3 N–H and O–H groups in total. The minimum atomic E-state index is -0.989. The van der Waals surface area contributed by atoms with Crippen molar-refractivity contribution in [3.05, 3.63) is 34.4 Å². The van der Waals surface area contributed by atoms with E-state index in [1.54, 1.807) is 6.07 Å². The average molecular weight is 204 g/mol. The predicted molar refractivity (Wildman–Crippen MR) is 55.4 cm³/mol. The summed E-state index contributed by atoms with van der Waals surface area (Å²) in [6, 6.07) is 5.12. The lowest BCUT2D eigenvalue weighted by atomic mass is 9.96. The molecule has 4 nitrogen and oxygen atoms in total. The van der Waals surface area contributed by atoms with Gasteiger partial charge in [-0.1, -0.05) is 6.92 Å². The fraction of sp³-hybridized carbons (Fsp3) is 0.273. The van der Waals surface area contributed by atoms with Crippen LogP contribution in [0.25, 0.3) is 0 Å². The highest BCUT2D eigenvalue weighted by Crippen LogP contribution is 2.18. The van der Waals surface area contributed by atoms with Crippen molar-refractivity contribution in [2.75, 3.05) is 0 Å². The van der Waals surface area contributed by atoms with E-state index in [2.05, 4.69) is 0 Å². The summed E-state index contributed by atoms with van der Waals surface area (Å²) < 4.78 is 0. The summed E-state index contributed by atoms with van der Waals surface area (Å²) in [6.45, 7) is 1.98. The number of aromatic carboxylic acids is 1.